The summed E-state index contributed by atoms with van der Waals surface area (Å²) in [7, 11) is -3.89. The Hall–Kier alpha value is -2.88. The maximum Gasteiger partial charge on any atom is 0.244 e. The van der Waals surface area contributed by atoms with E-state index in [-0.39, 0.29) is 29.6 Å². The third-order valence-corrected chi connectivity index (χ3v) is 7.81. The molecule has 3 aromatic rings. The number of para-hydroxylation sites is 1. The topological polar surface area (TPSA) is 86.8 Å². The van der Waals surface area contributed by atoms with E-state index in [2.05, 4.69) is 21.2 Å². The summed E-state index contributed by atoms with van der Waals surface area (Å²) in [6.45, 7) is 5.19. The molecule has 0 saturated heterocycles. The van der Waals surface area contributed by atoms with E-state index >= 15 is 0 Å². The molecule has 39 heavy (non-hydrogen) atoms. The minimum absolute atomic E-state index is 0.0985. The molecule has 1 N–H and O–H groups in total. The number of carbonyl (C=O) groups excluding carboxylic acids is 2. The van der Waals surface area contributed by atoms with Gasteiger partial charge in [-0.15, -0.1) is 0 Å². The van der Waals surface area contributed by atoms with Crippen LogP contribution >= 0.6 is 27.5 Å². The molecule has 0 aliphatic carbocycles. The van der Waals surface area contributed by atoms with Crippen LogP contribution in [-0.2, 0) is 32.6 Å². The Labute approximate surface area is 244 Å². The van der Waals surface area contributed by atoms with Crippen LogP contribution in [0.15, 0.2) is 83.3 Å². The van der Waals surface area contributed by atoms with Crippen molar-refractivity contribution >= 4 is 55.1 Å². The number of rotatable bonds is 10. The average molecular weight is 635 g/mol. The number of hydrogen-bond donors (Lipinski definition) is 1. The standard InChI is InChI=1S/C29H33BrClN3O4S/c1-29(2,3)32-28(36)26(18-21-10-6-5-7-11-21)33(19-22-14-16-23(30)17-15-22)27(35)20-34(39(4,37)38)25-13-9-8-12-24(25)31/h5-17,26H,18-20H2,1-4H3,(H,32,36)/t26-/m0/s1. The van der Waals surface area contributed by atoms with Gasteiger partial charge in [0.05, 0.1) is 17.0 Å². The largest absolute Gasteiger partial charge is 0.350 e. The highest BCUT2D eigenvalue weighted by Gasteiger charge is 2.34. The third kappa shape index (κ3) is 9.08. The van der Waals surface area contributed by atoms with E-state index in [1.807, 2.05) is 75.4 Å². The number of amides is 2. The maximum atomic E-state index is 14.0. The van der Waals surface area contributed by atoms with Gasteiger partial charge in [-0.2, -0.15) is 0 Å². The van der Waals surface area contributed by atoms with Crippen LogP contribution in [0.4, 0.5) is 5.69 Å². The molecule has 0 saturated carbocycles. The van der Waals surface area contributed by atoms with Gasteiger partial charge in [0.15, 0.2) is 0 Å². The van der Waals surface area contributed by atoms with Crippen LogP contribution in [0.3, 0.4) is 0 Å². The number of carbonyl (C=O) groups is 2. The summed E-state index contributed by atoms with van der Waals surface area (Å²) in [4.78, 5) is 29.2. The number of nitrogens with one attached hydrogen (secondary N) is 1. The predicted octanol–water partition coefficient (Wildman–Crippen LogP) is 5.42. The second-order valence-corrected chi connectivity index (χ2v) is 13.5. The highest BCUT2D eigenvalue weighted by molar-refractivity contribution is 9.10. The van der Waals surface area contributed by atoms with E-state index < -0.39 is 34.1 Å². The molecule has 0 heterocycles. The molecule has 0 radical (unpaired) electrons. The second kappa shape index (κ2) is 13.0. The number of nitrogens with zero attached hydrogens (tertiary/aromatic N) is 2. The fourth-order valence-corrected chi connectivity index (χ4v) is 5.46. The minimum Gasteiger partial charge on any atom is -0.350 e. The van der Waals surface area contributed by atoms with Crippen LogP contribution in [0.25, 0.3) is 0 Å². The van der Waals surface area contributed by atoms with E-state index in [0.29, 0.717) is 0 Å². The van der Waals surface area contributed by atoms with Crippen molar-refractivity contribution < 1.29 is 18.0 Å². The lowest BCUT2D eigenvalue weighted by Gasteiger charge is -2.35. The first-order valence-electron chi connectivity index (χ1n) is 12.4. The summed E-state index contributed by atoms with van der Waals surface area (Å²) in [5.41, 5.74) is 1.30. The van der Waals surface area contributed by atoms with Crippen LogP contribution in [-0.4, -0.2) is 49.5 Å². The lowest BCUT2D eigenvalue weighted by Crippen LogP contribution is -2.56. The molecule has 208 valence electrons. The zero-order chi connectivity index (χ0) is 28.8. The second-order valence-electron chi connectivity index (χ2n) is 10.3. The molecule has 2 amide bonds. The molecule has 0 spiro atoms. The zero-order valence-electron chi connectivity index (χ0n) is 22.4. The Kier molecular flexibility index (Phi) is 10.2. The van der Waals surface area contributed by atoms with Gasteiger partial charge in [-0.1, -0.05) is 82.1 Å². The van der Waals surface area contributed by atoms with Crippen molar-refractivity contribution in [3.63, 3.8) is 0 Å². The lowest BCUT2D eigenvalue weighted by molar-refractivity contribution is -0.140. The number of halogens is 2. The van der Waals surface area contributed by atoms with Crippen molar-refractivity contribution in [2.75, 3.05) is 17.1 Å². The highest BCUT2D eigenvalue weighted by Crippen LogP contribution is 2.28. The Morgan fingerprint density at radius 1 is 0.923 bits per heavy atom. The van der Waals surface area contributed by atoms with Gasteiger partial charge in [0, 0.05) is 23.0 Å². The predicted molar refractivity (Wildman–Crippen MR) is 160 cm³/mol. The van der Waals surface area contributed by atoms with Crippen LogP contribution in [0.1, 0.15) is 31.9 Å². The summed E-state index contributed by atoms with van der Waals surface area (Å²) in [5, 5.41) is 3.20. The van der Waals surface area contributed by atoms with E-state index in [1.54, 1.807) is 24.3 Å². The molecule has 0 aromatic heterocycles. The zero-order valence-corrected chi connectivity index (χ0v) is 25.6. The normalized spacial score (nSPS) is 12.5. The van der Waals surface area contributed by atoms with Crippen LogP contribution in [0, 0.1) is 0 Å². The molecule has 7 nitrogen and oxygen atoms in total. The first-order valence-corrected chi connectivity index (χ1v) is 15.4. The van der Waals surface area contributed by atoms with Crippen molar-refractivity contribution in [3.8, 4) is 0 Å². The summed E-state index contributed by atoms with van der Waals surface area (Å²) in [6.07, 6.45) is 1.27. The molecule has 1 atom stereocenters. The van der Waals surface area contributed by atoms with E-state index in [4.69, 9.17) is 11.6 Å². The monoisotopic (exact) mass is 633 g/mol. The summed E-state index contributed by atoms with van der Waals surface area (Å²) >= 11 is 9.75. The van der Waals surface area contributed by atoms with Crippen molar-refractivity contribution in [3.05, 3.63) is 99.5 Å². The van der Waals surface area contributed by atoms with Gasteiger partial charge in [-0.05, 0) is 56.2 Å². The van der Waals surface area contributed by atoms with Gasteiger partial charge < -0.3 is 10.2 Å². The molecule has 0 aliphatic rings. The minimum atomic E-state index is -3.89. The van der Waals surface area contributed by atoms with Gasteiger partial charge in [0.1, 0.15) is 12.6 Å². The molecule has 0 unspecified atom stereocenters. The summed E-state index contributed by atoms with van der Waals surface area (Å²) in [6, 6.07) is 22.4. The molecule has 0 fully saturated rings. The highest BCUT2D eigenvalue weighted by atomic mass is 79.9. The fourth-order valence-electron chi connectivity index (χ4n) is 4.04. The van der Waals surface area contributed by atoms with Crippen LogP contribution in [0.5, 0.6) is 0 Å². The Morgan fingerprint density at radius 2 is 1.51 bits per heavy atom. The Morgan fingerprint density at radius 3 is 2.08 bits per heavy atom. The van der Waals surface area contributed by atoms with Gasteiger partial charge >= 0.3 is 0 Å². The molecular formula is C29H33BrClN3O4S. The number of sulfonamides is 1. The smallest absolute Gasteiger partial charge is 0.244 e. The first-order chi connectivity index (χ1) is 18.2. The van der Waals surface area contributed by atoms with Crippen LogP contribution in [0.2, 0.25) is 5.02 Å². The number of hydrogen-bond acceptors (Lipinski definition) is 4. The molecule has 10 heteroatoms. The molecule has 0 aliphatic heterocycles. The molecule has 3 aromatic carbocycles. The first kappa shape index (κ1) is 30.7. The van der Waals surface area contributed by atoms with Crippen molar-refractivity contribution in [2.24, 2.45) is 0 Å². The van der Waals surface area contributed by atoms with Gasteiger partial charge in [0.2, 0.25) is 21.8 Å². The summed E-state index contributed by atoms with van der Waals surface area (Å²) in [5.74, 6) is -0.867. The van der Waals surface area contributed by atoms with Gasteiger partial charge in [0.25, 0.3) is 0 Å². The lowest BCUT2D eigenvalue weighted by atomic mass is 10.0. The quantitative estimate of drug-likeness (QED) is 0.323. The van der Waals surface area contributed by atoms with Crippen molar-refractivity contribution in [2.45, 2.75) is 45.3 Å². The van der Waals surface area contributed by atoms with E-state index in [0.717, 1.165) is 26.2 Å². The molecular weight excluding hydrogens is 602 g/mol. The Bertz CT molecular complexity index is 1390. The van der Waals surface area contributed by atoms with Crippen molar-refractivity contribution in [1.29, 1.82) is 0 Å². The third-order valence-electron chi connectivity index (χ3n) is 5.84. The fraction of sp³-hybridized carbons (Fsp3) is 0.310. The number of anilines is 1. The number of benzene rings is 3. The summed E-state index contributed by atoms with van der Waals surface area (Å²) < 4.78 is 27.5. The van der Waals surface area contributed by atoms with Gasteiger partial charge in [-0.3, -0.25) is 13.9 Å². The SMILES string of the molecule is CC(C)(C)NC(=O)[C@H](Cc1ccccc1)N(Cc1ccc(Br)cc1)C(=O)CN(c1ccccc1Cl)S(C)(=O)=O. The van der Waals surface area contributed by atoms with Crippen molar-refractivity contribution in [1.82, 2.24) is 10.2 Å². The Balaban J connectivity index is 2.08. The average Bonchev–Trinajstić information content (AvgIpc) is 2.85. The molecule has 3 rings (SSSR count). The van der Waals surface area contributed by atoms with E-state index in [1.165, 1.54) is 4.90 Å². The molecule has 0 bridgehead atoms. The van der Waals surface area contributed by atoms with Crippen LogP contribution < -0.4 is 9.62 Å². The van der Waals surface area contributed by atoms with Gasteiger partial charge in [-0.25, -0.2) is 8.42 Å². The van der Waals surface area contributed by atoms with E-state index in [9.17, 15) is 18.0 Å². The maximum absolute atomic E-state index is 14.0.